The van der Waals surface area contributed by atoms with Crippen molar-refractivity contribution in [3.63, 3.8) is 0 Å². The lowest BCUT2D eigenvalue weighted by atomic mass is 9.62. The molecule has 2 aliphatic carbocycles. The van der Waals surface area contributed by atoms with Crippen molar-refractivity contribution in [2.45, 2.75) is 87.6 Å². The number of aromatic hydroxyl groups is 1. The van der Waals surface area contributed by atoms with Crippen LogP contribution >= 0.6 is 0 Å². The second kappa shape index (κ2) is 9.94. The molecule has 1 aromatic carbocycles. The maximum atomic E-state index is 10.4. The molecular weight excluding hydrogens is 488 g/mol. The average Bonchev–Trinajstić information content (AvgIpc) is 3.53. The van der Waals surface area contributed by atoms with Crippen LogP contribution in [-0.4, -0.2) is 70.9 Å². The Labute approximate surface area is 231 Å². The molecule has 206 valence electrons. The highest BCUT2D eigenvalue weighted by Gasteiger charge is 2.46. The van der Waals surface area contributed by atoms with E-state index in [9.17, 15) is 10.4 Å². The number of ether oxygens (including phenoxy) is 1. The normalized spacial score (nSPS) is 27.6. The number of anilines is 1. The first-order valence-electron chi connectivity index (χ1n) is 15.0. The largest absolute Gasteiger partial charge is 0.508 e. The Morgan fingerprint density at radius 2 is 1.95 bits per heavy atom. The Morgan fingerprint density at radius 1 is 1.08 bits per heavy atom. The number of hydrogen-bond acceptors (Lipinski definition) is 8. The van der Waals surface area contributed by atoms with Gasteiger partial charge in [-0.15, -0.1) is 0 Å². The van der Waals surface area contributed by atoms with E-state index in [1.807, 2.05) is 12.1 Å². The summed E-state index contributed by atoms with van der Waals surface area (Å²) in [6.45, 7) is 5.49. The van der Waals surface area contributed by atoms with Gasteiger partial charge < -0.3 is 20.1 Å². The molecule has 8 heteroatoms. The third kappa shape index (κ3) is 4.35. The molecular formula is C31H40N6O2. The fraction of sp³-hybridized carbons (Fsp3) is 0.645. The summed E-state index contributed by atoms with van der Waals surface area (Å²) >= 11 is 0. The fourth-order valence-corrected chi connectivity index (χ4v) is 8.43. The lowest BCUT2D eigenvalue weighted by Gasteiger charge is -2.44. The number of nitrogens with one attached hydrogen (secondary N) is 1. The summed E-state index contributed by atoms with van der Waals surface area (Å²) in [6, 6.07) is 8.93. The van der Waals surface area contributed by atoms with Gasteiger partial charge in [0, 0.05) is 30.6 Å². The third-order valence-corrected chi connectivity index (χ3v) is 10.4. The molecule has 0 saturated carbocycles. The predicted molar refractivity (Wildman–Crippen MR) is 149 cm³/mol. The van der Waals surface area contributed by atoms with Crippen molar-refractivity contribution >= 4 is 5.82 Å². The molecule has 3 aliphatic heterocycles. The van der Waals surface area contributed by atoms with Gasteiger partial charge in [-0.05, 0) is 101 Å². The van der Waals surface area contributed by atoms with Gasteiger partial charge in [0.1, 0.15) is 18.2 Å². The molecule has 2 N–H and O–H groups in total. The van der Waals surface area contributed by atoms with Crippen LogP contribution in [0.1, 0.15) is 73.8 Å². The molecule has 1 unspecified atom stereocenters. The number of hydrogen-bond donors (Lipinski definition) is 2. The molecule has 7 rings (SSSR count). The minimum Gasteiger partial charge on any atom is -0.508 e. The maximum absolute atomic E-state index is 10.4. The predicted octanol–water partition coefficient (Wildman–Crippen LogP) is 3.64. The summed E-state index contributed by atoms with van der Waals surface area (Å²) in [5.41, 5.74) is 5.12. The molecule has 2 aromatic rings. The first-order chi connectivity index (χ1) is 19.1. The Morgan fingerprint density at radius 3 is 2.79 bits per heavy atom. The van der Waals surface area contributed by atoms with Crippen molar-refractivity contribution in [3.05, 3.63) is 40.6 Å². The van der Waals surface area contributed by atoms with E-state index in [0.29, 0.717) is 24.8 Å². The molecule has 3 saturated heterocycles. The third-order valence-electron chi connectivity index (χ3n) is 10.4. The van der Waals surface area contributed by atoms with Gasteiger partial charge in [-0.3, -0.25) is 4.90 Å². The molecule has 0 radical (unpaired) electrons. The van der Waals surface area contributed by atoms with E-state index in [4.69, 9.17) is 14.7 Å². The molecule has 5 aliphatic rings. The van der Waals surface area contributed by atoms with Crippen molar-refractivity contribution in [2.75, 3.05) is 44.2 Å². The molecule has 1 spiro atoms. The second-order valence-electron chi connectivity index (χ2n) is 12.5. The van der Waals surface area contributed by atoms with Crippen molar-refractivity contribution < 1.29 is 9.84 Å². The quantitative estimate of drug-likeness (QED) is 0.607. The zero-order valence-electron chi connectivity index (χ0n) is 22.9. The Hall–Kier alpha value is -2.89. The molecule has 2 atom stereocenters. The topological polar surface area (TPSA) is 97.5 Å². The number of piperazine rings is 1. The van der Waals surface area contributed by atoms with Crippen LogP contribution in [0.25, 0.3) is 0 Å². The smallest absolute Gasteiger partial charge is 0.318 e. The number of phenols is 1. The highest BCUT2D eigenvalue weighted by Crippen LogP contribution is 2.48. The van der Waals surface area contributed by atoms with E-state index >= 15 is 0 Å². The number of nitriles is 1. The van der Waals surface area contributed by atoms with Gasteiger partial charge in [-0.2, -0.15) is 15.2 Å². The molecule has 39 heavy (non-hydrogen) atoms. The number of phenolic OH excluding ortho intramolecular Hbond substituents is 1. The van der Waals surface area contributed by atoms with E-state index in [2.05, 4.69) is 27.3 Å². The van der Waals surface area contributed by atoms with E-state index < -0.39 is 0 Å². The lowest BCUT2D eigenvalue weighted by molar-refractivity contribution is 0.107. The monoisotopic (exact) mass is 528 g/mol. The Kier molecular flexibility index (Phi) is 6.40. The summed E-state index contributed by atoms with van der Waals surface area (Å²) in [5, 5.41) is 23.4. The summed E-state index contributed by atoms with van der Waals surface area (Å²) in [6.07, 6.45) is 11.5. The molecule has 3 fully saturated rings. The number of benzene rings is 1. The van der Waals surface area contributed by atoms with E-state index in [1.54, 1.807) is 0 Å². The van der Waals surface area contributed by atoms with Crippen LogP contribution in [0, 0.1) is 11.3 Å². The van der Waals surface area contributed by atoms with E-state index in [-0.39, 0.29) is 17.0 Å². The number of aromatic nitrogens is 2. The van der Waals surface area contributed by atoms with Crippen LogP contribution in [0.2, 0.25) is 0 Å². The Bertz CT molecular complexity index is 1280. The van der Waals surface area contributed by atoms with Crippen molar-refractivity contribution in [1.82, 2.24) is 20.2 Å². The number of aryl methyl sites for hydroxylation is 1. The number of nitrogens with zero attached hydrogens (tertiary/aromatic N) is 5. The highest BCUT2D eigenvalue weighted by atomic mass is 16.5. The van der Waals surface area contributed by atoms with Crippen LogP contribution in [0.15, 0.2) is 18.2 Å². The summed E-state index contributed by atoms with van der Waals surface area (Å²) in [7, 11) is 0. The molecule has 4 heterocycles. The molecule has 1 aromatic heterocycles. The van der Waals surface area contributed by atoms with Crippen LogP contribution in [0.3, 0.4) is 0 Å². The lowest BCUT2D eigenvalue weighted by Crippen LogP contribution is -2.52. The second-order valence-corrected chi connectivity index (χ2v) is 12.5. The van der Waals surface area contributed by atoms with Gasteiger partial charge >= 0.3 is 6.01 Å². The molecule has 0 amide bonds. The first kappa shape index (κ1) is 25.1. The van der Waals surface area contributed by atoms with Crippen molar-refractivity contribution in [3.8, 4) is 17.8 Å². The van der Waals surface area contributed by atoms with Crippen LogP contribution < -0.4 is 15.0 Å². The van der Waals surface area contributed by atoms with E-state index in [0.717, 1.165) is 69.7 Å². The minimum absolute atomic E-state index is 0.00980. The molecule has 0 bridgehead atoms. The SMILES string of the molecule is N#CC[C@H]1CNCCN1c1nc(OCC23CCCN2CCC3)nc2c1CCC1(CCCc3ccc(O)cc31)C2. The maximum Gasteiger partial charge on any atom is 0.318 e. The van der Waals surface area contributed by atoms with E-state index in [1.165, 1.54) is 55.5 Å². The Balaban J connectivity index is 1.27. The van der Waals surface area contributed by atoms with Crippen molar-refractivity contribution in [2.24, 2.45) is 0 Å². The average molecular weight is 529 g/mol. The van der Waals surface area contributed by atoms with Gasteiger partial charge in [-0.1, -0.05) is 6.07 Å². The first-order valence-corrected chi connectivity index (χ1v) is 15.0. The summed E-state index contributed by atoms with van der Waals surface area (Å²) < 4.78 is 6.54. The highest BCUT2D eigenvalue weighted by molar-refractivity contribution is 5.55. The summed E-state index contributed by atoms with van der Waals surface area (Å²) in [5.74, 6) is 1.33. The van der Waals surface area contributed by atoms with Gasteiger partial charge in [0.05, 0.1) is 29.8 Å². The van der Waals surface area contributed by atoms with Crippen molar-refractivity contribution in [1.29, 1.82) is 5.26 Å². The number of fused-ring (bicyclic) bond motifs is 4. The number of rotatable bonds is 5. The van der Waals surface area contributed by atoms with Gasteiger partial charge in [0.15, 0.2) is 0 Å². The zero-order valence-corrected chi connectivity index (χ0v) is 22.9. The standard InChI is InChI=1S/C31H40N6O2/c32-13-8-23-20-33-14-17-37(23)28-25-7-12-30(9-1-4-22-5-6-24(38)18-26(22)30)19-27(25)34-29(35-28)39-21-31-10-2-15-36(31)16-3-11-31/h5-6,18,23,33,38H,1-4,7-12,14-17,19-21H2/t23-,30?/m0/s1. The molecule has 8 nitrogen and oxygen atoms in total. The van der Waals surface area contributed by atoms with Crippen LogP contribution in [-0.2, 0) is 24.7 Å². The minimum atomic E-state index is -0.00980. The van der Waals surface area contributed by atoms with Crippen LogP contribution in [0.4, 0.5) is 5.82 Å². The zero-order chi connectivity index (χ0) is 26.5. The van der Waals surface area contributed by atoms with Gasteiger partial charge in [0.2, 0.25) is 0 Å². The summed E-state index contributed by atoms with van der Waals surface area (Å²) in [4.78, 5) is 15.2. The van der Waals surface area contributed by atoms with Gasteiger partial charge in [-0.25, -0.2) is 0 Å². The fourth-order valence-electron chi connectivity index (χ4n) is 8.43. The van der Waals surface area contributed by atoms with Gasteiger partial charge in [0.25, 0.3) is 0 Å². The van der Waals surface area contributed by atoms with Crippen LogP contribution in [0.5, 0.6) is 11.8 Å².